The standard InChI is InChI=1S/C42H43Cl2N5O3/c1-45-22-27-20-28(24-47-23-27)26-51-41-31(25-46-17-19-50)21-37(43)42(48-41)52-39-16-15-34-33(7-4-8-35(34)39)36-9-3-6-32(40(36)44)29-11-13-30(14-12-29)38-10-5-18-49(38)2/h3-4,6-9,11-14,20-24,38-39,46,50H,5,10,15-19,25-26H2,1-2H3/b45-22-/t38?,39-/m0/s1. The number of likely N-dealkylation sites (tertiary alicyclic amines) is 1. The number of fused-ring (bicyclic) bond motifs is 1. The van der Waals surface area contributed by atoms with Crippen molar-refractivity contribution in [3.05, 3.63) is 129 Å². The fourth-order valence-corrected chi connectivity index (χ4v) is 7.95. The maximum absolute atomic E-state index is 9.32. The first-order valence-corrected chi connectivity index (χ1v) is 18.6. The third-order valence-corrected chi connectivity index (χ3v) is 10.6. The number of pyridine rings is 2. The number of aromatic nitrogens is 2. The van der Waals surface area contributed by atoms with Crippen molar-refractivity contribution in [1.82, 2.24) is 20.2 Å². The second-order valence-corrected chi connectivity index (χ2v) is 14.2. The van der Waals surface area contributed by atoms with Crippen LogP contribution in [0, 0.1) is 0 Å². The molecule has 5 aromatic rings. The minimum absolute atomic E-state index is 0.0139. The molecule has 0 bridgehead atoms. The van der Waals surface area contributed by atoms with Crippen molar-refractivity contribution in [2.75, 3.05) is 33.8 Å². The minimum Gasteiger partial charge on any atom is -0.472 e. The van der Waals surface area contributed by atoms with E-state index in [4.69, 9.17) is 37.7 Å². The van der Waals surface area contributed by atoms with Gasteiger partial charge < -0.3 is 19.9 Å². The number of hydrogen-bond acceptors (Lipinski definition) is 8. The number of benzene rings is 3. The van der Waals surface area contributed by atoms with Crippen molar-refractivity contribution >= 4 is 29.4 Å². The van der Waals surface area contributed by atoms with E-state index >= 15 is 0 Å². The average molecular weight is 737 g/mol. The number of ether oxygens (including phenoxy) is 2. The molecule has 0 amide bonds. The molecule has 2 atom stereocenters. The number of hydrogen-bond donors (Lipinski definition) is 2. The molecule has 0 spiro atoms. The summed E-state index contributed by atoms with van der Waals surface area (Å²) in [6, 6.07) is 25.8. The Morgan fingerprint density at radius 3 is 2.58 bits per heavy atom. The number of rotatable bonds is 13. The zero-order chi connectivity index (χ0) is 36.0. The molecule has 1 aliphatic carbocycles. The van der Waals surface area contributed by atoms with Crippen LogP contribution in [0.1, 0.15) is 64.8 Å². The normalized spacial score (nSPS) is 17.2. The van der Waals surface area contributed by atoms with Crippen LogP contribution in [0.5, 0.6) is 11.8 Å². The Kier molecular flexibility index (Phi) is 11.5. The first kappa shape index (κ1) is 36.1. The Morgan fingerprint density at radius 1 is 0.981 bits per heavy atom. The first-order valence-electron chi connectivity index (χ1n) is 17.8. The van der Waals surface area contributed by atoms with Crippen LogP contribution in [0.25, 0.3) is 22.3 Å². The van der Waals surface area contributed by atoms with Crippen molar-refractivity contribution in [3.8, 4) is 34.0 Å². The topological polar surface area (TPSA) is 92.1 Å². The van der Waals surface area contributed by atoms with Gasteiger partial charge in [-0.05, 0) is 79.2 Å². The zero-order valence-electron chi connectivity index (χ0n) is 29.5. The zero-order valence-corrected chi connectivity index (χ0v) is 31.0. The average Bonchev–Trinajstić information content (AvgIpc) is 3.78. The third-order valence-electron chi connectivity index (χ3n) is 9.94. The molecule has 0 saturated carbocycles. The molecule has 0 radical (unpaired) electrons. The van der Waals surface area contributed by atoms with Gasteiger partial charge in [0.1, 0.15) is 17.7 Å². The van der Waals surface area contributed by atoms with Gasteiger partial charge in [0.25, 0.3) is 0 Å². The summed E-state index contributed by atoms with van der Waals surface area (Å²) < 4.78 is 12.8. The highest BCUT2D eigenvalue weighted by Gasteiger charge is 2.29. The van der Waals surface area contributed by atoms with Crippen LogP contribution in [0.4, 0.5) is 0 Å². The van der Waals surface area contributed by atoms with E-state index < -0.39 is 0 Å². The predicted octanol–water partition coefficient (Wildman–Crippen LogP) is 8.66. The van der Waals surface area contributed by atoms with E-state index in [1.165, 1.54) is 24.0 Å². The number of halogens is 2. The Morgan fingerprint density at radius 2 is 1.79 bits per heavy atom. The molecular weight excluding hydrogens is 693 g/mol. The fraction of sp³-hybridized carbons (Fsp3) is 0.310. The number of aliphatic imine (C=N–C) groups is 1. The summed E-state index contributed by atoms with van der Waals surface area (Å²) in [7, 11) is 3.93. The second kappa shape index (κ2) is 16.6. The molecule has 3 aromatic carbocycles. The van der Waals surface area contributed by atoms with Gasteiger partial charge in [-0.2, -0.15) is 4.98 Å². The van der Waals surface area contributed by atoms with Gasteiger partial charge in [-0.25, -0.2) is 0 Å². The summed E-state index contributed by atoms with van der Waals surface area (Å²) >= 11 is 14.0. The SMILES string of the molecule is C/N=C\c1cncc(COc2nc(O[C@H]3CCc4c(-c5cccc(-c6ccc(C7CCCN7C)cc6)c5Cl)cccc43)c(Cl)cc2CNCCO)c1. The highest BCUT2D eigenvalue weighted by Crippen LogP contribution is 2.45. The lowest BCUT2D eigenvalue weighted by Gasteiger charge is -2.20. The van der Waals surface area contributed by atoms with Gasteiger partial charge >= 0.3 is 0 Å². The second-order valence-electron chi connectivity index (χ2n) is 13.4. The molecule has 1 saturated heterocycles. The number of aliphatic hydroxyl groups is 1. The van der Waals surface area contributed by atoms with Crippen LogP contribution < -0.4 is 14.8 Å². The van der Waals surface area contributed by atoms with E-state index in [1.807, 2.05) is 12.1 Å². The van der Waals surface area contributed by atoms with Gasteiger partial charge in [-0.1, -0.05) is 83.9 Å². The molecule has 8 nitrogen and oxygen atoms in total. The summed E-state index contributed by atoms with van der Waals surface area (Å²) in [6.45, 7) is 2.25. The number of aliphatic hydroxyl groups excluding tert-OH is 1. The molecule has 1 fully saturated rings. The van der Waals surface area contributed by atoms with E-state index in [0.29, 0.717) is 35.9 Å². The third kappa shape index (κ3) is 7.87. The smallest absolute Gasteiger partial charge is 0.236 e. The molecule has 2 N–H and O–H groups in total. The van der Waals surface area contributed by atoms with Crippen molar-refractivity contribution in [2.24, 2.45) is 4.99 Å². The van der Waals surface area contributed by atoms with E-state index in [1.54, 1.807) is 25.7 Å². The number of nitrogens with one attached hydrogen (secondary N) is 1. The van der Waals surface area contributed by atoms with Crippen LogP contribution in [0.2, 0.25) is 10.0 Å². The van der Waals surface area contributed by atoms with Gasteiger partial charge in [0.05, 0.1) is 11.6 Å². The van der Waals surface area contributed by atoms with Crippen molar-refractivity contribution < 1.29 is 14.6 Å². The molecule has 2 aliphatic rings. The monoisotopic (exact) mass is 735 g/mol. The van der Waals surface area contributed by atoms with Gasteiger partial charge in [0, 0.05) is 72.6 Å². The van der Waals surface area contributed by atoms with Gasteiger partial charge in [0.2, 0.25) is 11.8 Å². The number of nitrogens with zero attached hydrogens (tertiary/aromatic N) is 4. The molecule has 3 heterocycles. The van der Waals surface area contributed by atoms with E-state index in [0.717, 1.165) is 68.9 Å². The van der Waals surface area contributed by atoms with Crippen LogP contribution in [-0.2, 0) is 19.6 Å². The Balaban J connectivity index is 1.13. The molecule has 2 aromatic heterocycles. The van der Waals surface area contributed by atoms with Gasteiger partial charge in [-0.3, -0.25) is 14.9 Å². The molecule has 10 heteroatoms. The summed E-state index contributed by atoms with van der Waals surface area (Å²) in [5.74, 6) is 0.710. The lowest BCUT2D eigenvalue weighted by atomic mass is 9.93. The van der Waals surface area contributed by atoms with Crippen molar-refractivity contribution in [2.45, 2.75) is 51.0 Å². The van der Waals surface area contributed by atoms with E-state index in [-0.39, 0.29) is 19.3 Å². The van der Waals surface area contributed by atoms with E-state index in [2.05, 4.69) is 87.9 Å². The highest BCUT2D eigenvalue weighted by molar-refractivity contribution is 6.36. The Hall–Kier alpha value is -4.31. The fourth-order valence-electron chi connectivity index (χ4n) is 7.39. The van der Waals surface area contributed by atoms with Crippen molar-refractivity contribution in [1.29, 1.82) is 0 Å². The molecule has 268 valence electrons. The van der Waals surface area contributed by atoms with Crippen LogP contribution in [-0.4, -0.2) is 60.0 Å². The lowest BCUT2D eigenvalue weighted by Crippen LogP contribution is -2.18. The Labute approximate surface area is 315 Å². The predicted molar refractivity (Wildman–Crippen MR) is 209 cm³/mol. The Bertz CT molecular complexity index is 2060. The molecule has 1 unspecified atom stereocenters. The molecule has 1 aliphatic heterocycles. The first-order chi connectivity index (χ1) is 25.4. The van der Waals surface area contributed by atoms with Crippen LogP contribution in [0.3, 0.4) is 0 Å². The maximum Gasteiger partial charge on any atom is 0.236 e. The molecule has 52 heavy (non-hydrogen) atoms. The molecular formula is C42H43Cl2N5O3. The van der Waals surface area contributed by atoms with Gasteiger partial charge in [-0.15, -0.1) is 0 Å². The largest absolute Gasteiger partial charge is 0.472 e. The van der Waals surface area contributed by atoms with Crippen LogP contribution >= 0.6 is 23.2 Å². The lowest BCUT2D eigenvalue weighted by molar-refractivity contribution is 0.194. The van der Waals surface area contributed by atoms with Gasteiger partial charge in [0.15, 0.2) is 0 Å². The quantitative estimate of drug-likeness (QED) is 0.0924. The molecule has 7 rings (SSSR count). The minimum atomic E-state index is -0.247. The highest BCUT2D eigenvalue weighted by atomic mass is 35.5. The summed E-state index contributed by atoms with van der Waals surface area (Å²) in [6.07, 6.45) is 9.04. The van der Waals surface area contributed by atoms with Crippen LogP contribution in [0.15, 0.2) is 90.2 Å². The summed E-state index contributed by atoms with van der Waals surface area (Å²) in [4.78, 5) is 15.6. The van der Waals surface area contributed by atoms with Crippen molar-refractivity contribution in [3.63, 3.8) is 0 Å². The maximum atomic E-state index is 9.32. The van der Waals surface area contributed by atoms with E-state index in [9.17, 15) is 5.11 Å². The summed E-state index contributed by atoms with van der Waals surface area (Å²) in [5.41, 5.74) is 10.4. The summed E-state index contributed by atoms with van der Waals surface area (Å²) in [5, 5.41) is 13.6.